The summed E-state index contributed by atoms with van der Waals surface area (Å²) in [5.74, 6) is 0. The number of hydrogen-bond donors (Lipinski definition) is 1. The average molecular weight is 204 g/mol. The number of fused-ring (bicyclic) bond motifs is 1. The molecule has 0 unspecified atom stereocenters. The van der Waals surface area contributed by atoms with Gasteiger partial charge in [0.2, 0.25) is 0 Å². The van der Waals surface area contributed by atoms with Crippen LogP contribution in [0.4, 0.5) is 4.79 Å². The molecule has 2 rings (SSSR count). The fourth-order valence-electron chi connectivity index (χ4n) is 2.01. The van der Waals surface area contributed by atoms with Crippen molar-refractivity contribution in [3.63, 3.8) is 0 Å². The van der Waals surface area contributed by atoms with E-state index in [1.807, 2.05) is 4.90 Å². The molecule has 0 fully saturated rings. The summed E-state index contributed by atoms with van der Waals surface area (Å²) in [5, 5.41) is 2.66. The lowest BCUT2D eigenvalue weighted by Gasteiger charge is -2.28. The third-order valence-corrected chi connectivity index (χ3v) is 2.88. The standard InChI is InChI=1S/C12H16N2O/c1-9-3-4-11-8-14(12(15)13-2)6-5-10(11)7-9/h3-4,7H,5-6,8H2,1-2H3,(H,13,15). The molecular weight excluding hydrogens is 188 g/mol. The second-order valence-corrected chi connectivity index (χ2v) is 4.00. The Morgan fingerprint density at radius 2 is 2.20 bits per heavy atom. The van der Waals surface area contributed by atoms with Crippen molar-refractivity contribution < 1.29 is 4.79 Å². The van der Waals surface area contributed by atoms with Crippen LogP contribution in [0.3, 0.4) is 0 Å². The molecule has 0 radical (unpaired) electrons. The van der Waals surface area contributed by atoms with Gasteiger partial charge in [-0.2, -0.15) is 0 Å². The van der Waals surface area contributed by atoms with Crippen molar-refractivity contribution in [1.29, 1.82) is 0 Å². The molecule has 2 amide bonds. The van der Waals surface area contributed by atoms with Crippen LogP contribution >= 0.6 is 0 Å². The Bertz CT molecular complexity index is 387. The zero-order valence-electron chi connectivity index (χ0n) is 9.21. The van der Waals surface area contributed by atoms with Gasteiger partial charge in [0.05, 0.1) is 0 Å². The quantitative estimate of drug-likeness (QED) is 0.685. The highest BCUT2D eigenvalue weighted by molar-refractivity contribution is 5.74. The highest BCUT2D eigenvalue weighted by Gasteiger charge is 2.19. The Labute approximate surface area is 90.1 Å². The van der Waals surface area contributed by atoms with Gasteiger partial charge in [-0.25, -0.2) is 4.79 Å². The summed E-state index contributed by atoms with van der Waals surface area (Å²) in [6, 6.07) is 6.46. The SMILES string of the molecule is CNC(=O)N1CCc2cc(C)ccc2C1. The molecular formula is C12H16N2O. The lowest BCUT2D eigenvalue weighted by Crippen LogP contribution is -2.41. The second-order valence-electron chi connectivity index (χ2n) is 4.00. The summed E-state index contributed by atoms with van der Waals surface area (Å²) >= 11 is 0. The highest BCUT2D eigenvalue weighted by atomic mass is 16.2. The molecule has 80 valence electrons. The maximum absolute atomic E-state index is 11.5. The van der Waals surface area contributed by atoms with Crippen molar-refractivity contribution in [2.45, 2.75) is 19.9 Å². The summed E-state index contributed by atoms with van der Waals surface area (Å²) in [6.07, 6.45) is 0.963. The monoisotopic (exact) mass is 204 g/mol. The molecule has 1 aromatic carbocycles. The van der Waals surface area contributed by atoms with E-state index in [1.165, 1.54) is 16.7 Å². The number of urea groups is 1. The molecule has 15 heavy (non-hydrogen) atoms. The number of nitrogens with zero attached hydrogens (tertiary/aromatic N) is 1. The van der Waals surface area contributed by atoms with Crippen LogP contribution in [0.1, 0.15) is 16.7 Å². The van der Waals surface area contributed by atoms with Crippen LogP contribution < -0.4 is 5.32 Å². The molecule has 0 aliphatic carbocycles. The van der Waals surface area contributed by atoms with Crippen LogP contribution in [0, 0.1) is 6.92 Å². The smallest absolute Gasteiger partial charge is 0.317 e. The van der Waals surface area contributed by atoms with Gasteiger partial charge < -0.3 is 10.2 Å². The van der Waals surface area contributed by atoms with Gasteiger partial charge in [-0.15, -0.1) is 0 Å². The first-order chi connectivity index (χ1) is 7.20. The molecule has 0 spiro atoms. The Hall–Kier alpha value is -1.51. The van der Waals surface area contributed by atoms with Crippen LogP contribution in [0.15, 0.2) is 18.2 Å². The van der Waals surface area contributed by atoms with E-state index < -0.39 is 0 Å². The lowest BCUT2D eigenvalue weighted by atomic mass is 9.98. The summed E-state index contributed by atoms with van der Waals surface area (Å²) < 4.78 is 0. The zero-order chi connectivity index (χ0) is 10.8. The van der Waals surface area contributed by atoms with Crippen molar-refractivity contribution in [3.8, 4) is 0 Å². The zero-order valence-corrected chi connectivity index (χ0v) is 9.21. The first-order valence-corrected chi connectivity index (χ1v) is 5.26. The fraction of sp³-hybridized carbons (Fsp3) is 0.417. The van der Waals surface area contributed by atoms with E-state index in [0.29, 0.717) is 0 Å². The Morgan fingerprint density at radius 3 is 2.93 bits per heavy atom. The van der Waals surface area contributed by atoms with Crippen molar-refractivity contribution in [2.24, 2.45) is 0 Å². The molecule has 0 saturated carbocycles. The summed E-state index contributed by atoms with van der Waals surface area (Å²) in [5.41, 5.74) is 3.95. The Kier molecular flexibility index (Phi) is 2.62. The van der Waals surface area contributed by atoms with Gasteiger partial charge in [-0.3, -0.25) is 0 Å². The predicted octanol–water partition coefficient (Wildman–Crippen LogP) is 1.69. The Morgan fingerprint density at radius 1 is 1.40 bits per heavy atom. The van der Waals surface area contributed by atoms with Gasteiger partial charge in [0.1, 0.15) is 0 Å². The molecule has 1 aromatic rings. The van der Waals surface area contributed by atoms with Gasteiger partial charge >= 0.3 is 6.03 Å². The molecule has 0 aromatic heterocycles. The van der Waals surface area contributed by atoms with E-state index in [4.69, 9.17) is 0 Å². The second kappa shape index (κ2) is 3.93. The predicted molar refractivity (Wildman–Crippen MR) is 59.7 cm³/mol. The number of hydrogen-bond acceptors (Lipinski definition) is 1. The maximum atomic E-state index is 11.5. The van der Waals surface area contributed by atoms with Crippen LogP contribution in [-0.2, 0) is 13.0 Å². The number of benzene rings is 1. The van der Waals surface area contributed by atoms with Crippen LogP contribution in [0.25, 0.3) is 0 Å². The molecule has 1 N–H and O–H groups in total. The number of carbonyl (C=O) groups excluding carboxylic acids is 1. The van der Waals surface area contributed by atoms with Crippen molar-refractivity contribution in [1.82, 2.24) is 10.2 Å². The fourth-order valence-corrected chi connectivity index (χ4v) is 2.01. The number of aryl methyl sites for hydroxylation is 1. The molecule has 0 bridgehead atoms. The van der Waals surface area contributed by atoms with Gasteiger partial charge in [-0.05, 0) is 24.5 Å². The minimum atomic E-state index is 0.0150. The lowest BCUT2D eigenvalue weighted by molar-refractivity contribution is 0.194. The minimum absolute atomic E-state index is 0.0150. The summed E-state index contributed by atoms with van der Waals surface area (Å²) in [6.45, 7) is 3.65. The molecule has 1 heterocycles. The van der Waals surface area contributed by atoms with E-state index in [-0.39, 0.29) is 6.03 Å². The molecule has 3 nitrogen and oxygen atoms in total. The van der Waals surface area contributed by atoms with Crippen LogP contribution in [-0.4, -0.2) is 24.5 Å². The topological polar surface area (TPSA) is 32.3 Å². The Balaban J connectivity index is 2.20. The molecule has 0 saturated heterocycles. The van der Waals surface area contributed by atoms with Gasteiger partial charge in [0.15, 0.2) is 0 Å². The van der Waals surface area contributed by atoms with Crippen LogP contribution in [0.5, 0.6) is 0 Å². The van der Waals surface area contributed by atoms with Gasteiger partial charge in [0, 0.05) is 20.1 Å². The molecule has 0 atom stereocenters. The van der Waals surface area contributed by atoms with E-state index in [9.17, 15) is 4.79 Å². The van der Waals surface area contributed by atoms with E-state index >= 15 is 0 Å². The molecule has 3 heteroatoms. The van der Waals surface area contributed by atoms with Gasteiger partial charge in [-0.1, -0.05) is 23.8 Å². The highest BCUT2D eigenvalue weighted by Crippen LogP contribution is 2.19. The number of nitrogens with one attached hydrogen (secondary N) is 1. The van der Waals surface area contributed by atoms with E-state index in [2.05, 4.69) is 30.4 Å². The van der Waals surface area contributed by atoms with E-state index in [1.54, 1.807) is 7.05 Å². The summed E-state index contributed by atoms with van der Waals surface area (Å²) in [7, 11) is 1.67. The normalized spacial score (nSPS) is 14.7. The first kappa shape index (κ1) is 10.0. The summed E-state index contributed by atoms with van der Waals surface area (Å²) in [4.78, 5) is 13.3. The first-order valence-electron chi connectivity index (χ1n) is 5.26. The van der Waals surface area contributed by atoms with Gasteiger partial charge in [0.25, 0.3) is 0 Å². The third kappa shape index (κ3) is 1.96. The largest absolute Gasteiger partial charge is 0.341 e. The molecule has 1 aliphatic rings. The minimum Gasteiger partial charge on any atom is -0.341 e. The number of carbonyl (C=O) groups is 1. The average Bonchev–Trinajstić information content (AvgIpc) is 2.27. The number of amides is 2. The molecule has 1 aliphatic heterocycles. The van der Waals surface area contributed by atoms with Crippen LogP contribution in [0.2, 0.25) is 0 Å². The number of rotatable bonds is 0. The van der Waals surface area contributed by atoms with Crippen molar-refractivity contribution >= 4 is 6.03 Å². The van der Waals surface area contributed by atoms with Crippen molar-refractivity contribution in [2.75, 3.05) is 13.6 Å². The third-order valence-electron chi connectivity index (χ3n) is 2.88. The van der Waals surface area contributed by atoms with E-state index in [0.717, 1.165) is 19.5 Å². The van der Waals surface area contributed by atoms with Crippen molar-refractivity contribution in [3.05, 3.63) is 34.9 Å². The maximum Gasteiger partial charge on any atom is 0.317 e.